The van der Waals surface area contributed by atoms with Gasteiger partial charge in [-0.25, -0.2) is 8.78 Å². The van der Waals surface area contributed by atoms with Crippen LogP contribution in [0, 0.1) is 23.0 Å². The third-order valence-electron chi connectivity index (χ3n) is 7.37. The molecule has 184 valence electrons. The fourth-order valence-corrected chi connectivity index (χ4v) is 6.92. The standard InChI is InChI=1S/C25H21ClF2N6OS/c26-15-9-13-20(32-24(33-22(13)30)35-11-25-5-1-7-34(25)8-2-6-25)19(28)18(15)12-3-4-16(27)21-17(12)14(10-29)23(31)36-21/h3-4,9H,1-2,5-8,11,31H2,(H2,30,32,33). The lowest BCUT2D eigenvalue weighted by molar-refractivity contribution is 0.108. The molecule has 0 saturated carbocycles. The molecule has 2 aromatic heterocycles. The highest BCUT2D eigenvalue weighted by Crippen LogP contribution is 2.45. The quantitative estimate of drug-likeness (QED) is 0.361. The van der Waals surface area contributed by atoms with Gasteiger partial charge in [0.05, 0.1) is 20.8 Å². The molecule has 0 amide bonds. The van der Waals surface area contributed by atoms with Crippen LogP contribution in [-0.2, 0) is 0 Å². The van der Waals surface area contributed by atoms with Gasteiger partial charge in [-0.2, -0.15) is 15.2 Å². The van der Waals surface area contributed by atoms with E-state index in [0.29, 0.717) is 6.61 Å². The van der Waals surface area contributed by atoms with Gasteiger partial charge in [-0.15, -0.1) is 11.3 Å². The summed E-state index contributed by atoms with van der Waals surface area (Å²) in [6, 6.07) is 6.04. The van der Waals surface area contributed by atoms with Crippen LogP contribution in [0.1, 0.15) is 31.2 Å². The molecule has 4 heterocycles. The maximum atomic E-state index is 16.1. The lowest BCUT2D eigenvalue weighted by Crippen LogP contribution is -2.43. The van der Waals surface area contributed by atoms with Gasteiger partial charge in [0.2, 0.25) is 0 Å². The first-order valence-electron chi connectivity index (χ1n) is 11.6. The first-order valence-corrected chi connectivity index (χ1v) is 12.8. The monoisotopic (exact) mass is 526 g/mol. The van der Waals surface area contributed by atoms with E-state index in [9.17, 15) is 9.65 Å². The minimum atomic E-state index is -0.764. The second kappa shape index (κ2) is 8.40. The van der Waals surface area contributed by atoms with Gasteiger partial charge in [-0.05, 0) is 56.5 Å². The predicted octanol–water partition coefficient (Wildman–Crippen LogP) is 5.49. The van der Waals surface area contributed by atoms with Crippen molar-refractivity contribution in [1.82, 2.24) is 14.9 Å². The van der Waals surface area contributed by atoms with E-state index in [-0.39, 0.29) is 65.1 Å². The fourth-order valence-electron chi connectivity index (χ4n) is 5.68. The summed E-state index contributed by atoms with van der Waals surface area (Å²) < 4.78 is 36.8. The molecule has 0 aliphatic carbocycles. The number of aromatic nitrogens is 2. The number of rotatable bonds is 4. The van der Waals surface area contributed by atoms with Crippen LogP contribution in [0.4, 0.5) is 19.6 Å². The topological polar surface area (TPSA) is 114 Å². The summed E-state index contributed by atoms with van der Waals surface area (Å²) in [4.78, 5) is 11.0. The number of ether oxygens (including phenoxy) is 1. The van der Waals surface area contributed by atoms with Crippen LogP contribution in [0.3, 0.4) is 0 Å². The Hall–Kier alpha value is -3.26. The van der Waals surface area contributed by atoms with Crippen LogP contribution in [0.15, 0.2) is 18.2 Å². The fraction of sp³-hybridized carbons (Fsp3) is 0.320. The molecule has 2 aromatic carbocycles. The van der Waals surface area contributed by atoms with Crippen molar-refractivity contribution < 1.29 is 13.5 Å². The van der Waals surface area contributed by atoms with Crippen molar-refractivity contribution in [1.29, 1.82) is 5.26 Å². The molecule has 4 N–H and O–H groups in total. The molecule has 2 aliphatic rings. The number of fused-ring (bicyclic) bond motifs is 3. The average Bonchev–Trinajstić information content (AvgIpc) is 3.52. The van der Waals surface area contributed by atoms with Crippen molar-refractivity contribution in [2.75, 3.05) is 31.2 Å². The van der Waals surface area contributed by atoms with E-state index in [1.165, 1.54) is 18.2 Å². The second-order valence-corrected chi connectivity index (χ2v) is 10.8. The van der Waals surface area contributed by atoms with E-state index in [2.05, 4.69) is 14.9 Å². The molecule has 0 unspecified atom stereocenters. The van der Waals surface area contributed by atoms with Gasteiger partial charge in [-0.1, -0.05) is 17.7 Å². The van der Waals surface area contributed by atoms with Gasteiger partial charge >= 0.3 is 6.01 Å². The van der Waals surface area contributed by atoms with E-state index in [1.807, 2.05) is 6.07 Å². The summed E-state index contributed by atoms with van der Waals surface area (Å²) in [7, 11) is 0. The smallest absolute Gasteiger partial charge is 0.319 e. The molecule has 2 fully saturated rings. The molecular weight excluding hydrogens is 506 g/mol. The van der Waals surface area contributed by atoms with Gasteiger partial charge in [-0.3, -0.25) is 4.90 Å². The Kier molecular flexibility index (Phi) is 5.41. The number of hydrogen-bond donors (Lipinski definition) is 2. The minimum absolute atomic E-state index is 0.0120. The lowest BCUT2D eigenvalue weighted by Gasteiger charge is -2.31. The van der Waals surface area contributed by atoms with Gasteiger partial charge in [0.15, 0.2) is 5.82 Å². The van der Waals surface area contributed by atoms with Crippen LogP contribution < -0.4 is 16.2 Å². The number of hydrogen-bond acceptors (Lipinski definition) is 8. The van der Waals surface area contributed by atoms with Crippen LogP contribution in [0.5, 0.6) is 6.01 Å². The summed E-state index contributed by atoms with van der Waals surface area (Å²) >= 11 is 7.44. The third kappa shape index (κ3) is 3.38. The minimum Gasteiger partial charge on any atom is -0.461 e. The predicted molar refractivity (Wildman–Crippen MR) is 137 cm³/mol. The molecule has 7 nitrogen and oxygen atoms in total. The molecule has 0 atom stereocenters. The Balaban J connectivity index is 1.48. The number of thiophene rings is 1. The van der Waals surface area contributed by atoms with Crippen LogP contribution >= 0.6 is 22.9 Å². The summed E-state index contributed by atoms with van der Waals surface area (Å²) in [6.45, 7) is 2.49. The molecule has 2 aliphatic heterocycles. The zero-order valence-corrected chi connectivity index (χ0v) is 20.6. The Labute approximate surface area is 214 Å². The molecule has 0 spiro atoms. The molecule has 4 aromatic rings. The third-order valence-corrected chi connectivity index (χ3v) is 8.70. The molecule has 36 heavy (non-hydrogen) atoms. The maximum absolute atomic E-state index is 16.1. The van der Waals surface area contributed by atoms with Crippen molar-refractivity contribution in [3.63, 3.8) is 0 Å². The number of nitrogen functional groups attached to an aromatic ring is 2. The summed E-state index contributed by atoms with van der Waals surface area (Å²) in [5, 5.41) is 10.2. The molecule has 2 saturated heterocycles. The highest BCUT2D eigenvalue weighted by molar-refractivity contribution is 7.23. The summed E-state index contributed by atoms with van der Waals surface area (Å²) in [5.74, 6) is -1.28. The largest absolute Gasteiger partial charge is 0.461 e. The Morgan fingerprint density at radius 1 is 1.19 bits per heavy atom. The SMILES string of the molecule is N#Cc1c(N)sc2c(F)ccc(-c3c(Cl)cc4c(N)nc(OCC56CCCN5CCC6)nc4c3F)c12. The van der Waals surface area contributed by atoms with Gasteiger partial charge < -0.3 is 16.2 Å². The number of nitrogens with two attached hydrogens (primary N) is 2. The van der Waals surface area contributed by atoms with Gasteiger partial charge in [0.1, 0.15) is 34.8 Å². The van der Waals surface area contributed by atoms with Crippen LogP contribution in [0.25, 0.3) is 32.1 Å². The molecular formula is C25H21ClF2N6OS. The molecule has 0 bridgehead atoms. The number of halogens is 3. The average molecular weight is 527 g/mol. The van der Waals surface area contributed by atoms with Crippen molar-refractivity contribution in [3.8, 4) is 23.2 Å². The van der Waals surface area contributed by atoms with Gasteiger partial charge in [0, 0.05) is 16.3 Å². The van der Waals surface area contributed by atoms with Crippen molar-refractivity contribution >= 4 is 54.7 Å². The molecule has 6 rings (SSSR count). The maximum Gasteiger partial charge on any atom is 0.319 e. The van der Waals surface area contributed by atoms with Gasteiger partial charge in [0.25, 0.3) is 0 Å². The summed E-state index contributed by atoms with van der Waals surface area (Å²) in [6.07, 6.45) is 4.31. The van der Waals surface area contributed by atoms with Crippen LogP contribution in [0.2, 0.25) is 5.02 Å². The Bertz CT molecular complexity index is 1590. The molecule has 0 radical (unpaired) electrons. The normalized spacial score (nSPS) is 17.1. The number of anilines is 2. The Morgan fingerprint density at radius 2 is 1.94 bits per heavy atom. The first kappa shape index (κ1) is 23.2. The second-order valence-electron chi connectivity index (χ2n) is 9.29. The number of benzene rings is 2. The number of nitrogens with zero attached hydrogens (tertiary/aromatic N) is 4. The Morgan fingerprint density at radius 3 is 2.67 bits per heavy atom. The number of nitriles is 1. The van der Waals surface area contributed by atoms with E-state index in [0.717, 1.165) is 50.1 Å². The van der Waals surface area contributed by atoms with Crippen molar-refractivity contribution in [2.24, 2.45) is 0 Å². The van der Waals surface area contributed by atoms with Crippen molar-refractivity contribution in [2.45, 2.75) is 31.2 Å². The van der Waals surface area contributed by atoms with E-state index in [4.69, 9.17) is 27.8 Å². The zero-order chi connectivity index (χ0) is 25.2. The van der Waals surface area contributed by atoms with Crippen molar-refractivity contribution in [3.05, 3.63) is 40.4 Å². The molecule has 11 heteroatoms. The zero-order valence-electron chi connectivity index (χ0n) is 19.1. The first-order chi connectivity index (χ1) is 17.3. The van der Waals surface area contributed by atoms with E-state index in [1.54, 1.807) is 0 Å². The van der Waals surface area contributed by atoms with Crippen LogP contribution in [-0.4, -0.2) is 40.1 Å². The van der Waals surface area contributed by atoms with E-state index < -0.39 is 11.6 Å². The lowest BCUT2D eigenvalue weighted by atomic mass is 9.95. The van der Waals surface area contributed by atoms with E-state index >= 15 is 4.39 Å². The highest BCUT2D eigenvalue weighted by Gasteiger charge is 2.45. The summed E-state index contributed by atoms with van der Waals surface area (Å²) in [5.41, 5.74) is 12.3. The highest BCUT2D eigenvalue weighted by atomic mass is 35.5.